The van der Waals surface area contributed by atoms with Crippen LogP contribution in [0.1, 0.15) is 57.4 Å². The minimum Gasteiger partial charge on any atom is -0.493 e. The van der Waals surface area contributed by atoms with Gasteiger partial charge in [0.15, 0.2) is 11.5 Å². The number of hydrogen-bond acceptors (Lipinski definition) is 4. The fourth-order valence-electron chi connectivity index (χ4n) is 2.75. The third kappa shape index (κ3) is 5.96. The van der Waals surface area contributed by atoms with Crippen molar-refractivity contribution in [3.05, 3.63) is 29.3 Å². The lowest BCUT2D eigenvalue weighted by molar-refractivity contribution is 0.179. The van der Waals surface area contributed by atoms with E-state index in [1.807, 2.05) is 12.1 Å². The van der Waals surface area contributed by atoms with Crippen LogP contribution < -0.4 is 9.47 Å². The second kappa shape index (κ2) is 11.0. The molecule has 0 spiro atoms. The third-order valence-corrected chi connectivity index (χ3v) is 4.45. The van der Waals surface area contributed by atoms with Crippen LogP contribution in [-0.2, 0) is 9.47 Å². The summed E-state index contributed by atoms with van der Waals surface area (Å²) in [5.74, 6) is 2.61. The van der Waals surface area contributed by atoms with E-state index in [1.54, 1.807) is 14.2 Å². The molecule has 4 nitrogen and oxygen atoms in total. The second-order valence-corrected chi connectivity index (χ2v) is 6.40. The first kappa shape index (κ1) is 19.6. The summed E-state index contributed by atoms with van der Waals surface area (Å²) in [7, 11) is 3.42. The van der Waals surface area contributed by atoms with Gasteiger partial charge in [-0.15, -0.1) is 0 Å². The fraction of sp³-hybridized carbons (Fsp3) is 0.619. The van der Waals surface area contributed by atoms with Gasteiger partial charge in [0.25, 0.3) is 0 Å². The SMILES string of the molecule is CCCCOc1ccc(C(OCCCCOC)=C2CCC2)cc1OC. The topological polar surface area (TPSA) is 36.9 Å². The van der Waals surface area contributed by atoms with Gasteiger partial charge in [0, 0.05) is 19.3 Å². The molecule has 2 rings (SSSR count). The van der Waals surface area contributed by atoms with Crippen LogP contribution in [0, 0.1) is 0 Å². The predicted octanol–water partition coefficient (Wildman–Crippen LogP) is 5.21. The fourth-order valence-corrected chi connectivity index (χ4v) is 2.75. The Labute approximate surface area is 152 Å². The minimum atomic E-state index is 0.718. The van der Waals surface area contributed by atoms with Crippen LogP contribution in [0.15, 0.2) is 23.8 Å². The van der Waals surface area contributed by atoms with Crippen molar-refractivity contribution < 1.29 is 18.9 Å². The highest BCUT2D eigenvalue weighted by atomic mass is 16.5. The zero-order valence-electron chi connectivity index (χ0n) is 15.9. The number of rotatable bonds is 12. The first-order chi connectivity index (χ1) is 12.3. The molecule has 1 fully saturated rings. The van der Waals surface area contributed by atoms with Gasteiger partial charge < -0.3 is 18.9 Å². The lowest BCUT2D eigenvalue weighted by Crippen LogP contribution is -2.07. The van der Waals surface area contributed by atoms with Gasteiger partial charge in [-0.25, -0.2) is 0 Å². The number of unbranched alkanes of at least 4 members (excludes halogenated alkanes) is 2. The van der Waals surface area contributed by atoms with Crippen molar-refractivity contribution in [2.24, 2.45) is 0 Å². The van der Waals surface area contributed by atoms with Gasteiger partial charge in [-0.05, 0) is 62.3 Å². The van der Waals surface area contributed by atoms with Crippen molar-refractivity contribution >= 4 is 5.76 Å². The van der Waals surface area contributed by atoms with Gasteiger partial charge in [-0.1, -0.05) is 13.3 Å². The van der Waals surface area contributed by atoms with Crippen molar-refractivity contribution in [2.75, 3.05) is 34.0 Å². The Morgan fingerprint density at radius 3 is 2.40 bits per heavy atom. The van der Waals surface area contributed by atoms with E-state index in [9.17, 15) is 0 Å². The third-order valence-electron chi connectivity index (χ3n) is 4.45. The van der Waals surface area contributed by atoms with Crippen molar-refractivity contribution in [3.63, 3.8) is 0 Å². The number of ether oxygens (including phenoxy) is 4. The molecule has 0 aliphatic heterocycles. The summed E-state index contributed by atoms with van der Waals surface area (Å²) in [6.07, 6.45) is 7.70. The largest absolute Gasteiger partial charge is 0.493 e. The van der Waals surface area contributed by atoms with Gasteiger partial charge >= 0.3 is 0 Å². The van der Waals surface area contributed by atoms with E-state index in [0.29, 0.717) is 0 Å². The maximum Gasteiger partial charge on any atom is 0.161 e. The maximum absolute atomic E-state index is 6.14. The lowest BCUT2D eigenvalue weighted by Gasteiger charge is -2.23. The average Bonchev–Trinajstić information content (AvgIpc) is 2.59. The standard InChI is InChI=1S/C21H32O4/c1-4-5-14-24-19-12-11-18(16-20(19)23-3)21(17-9-8-10-17)25-15-7-6-13-22-2/h11-12,16H,4-10,13-15H2,1-3H3. The summed E-state index contributed by atoms with van der Waals surface area (Å²) < 4.78 is 22.6. The number of hydrogen-bond donors (Lipinski definition) is 0. The summed E-state index contributed by atoms with van der Waals surface area (Å²) in [6, 6.07) is 6.12. The highest BCUT2D eigenvalue weighted by Crippen LogP contribution is 2.37. The molecule has 140 valence electrons. The summed E-state index contributed by atoms with van der Waals surface area (Å²) in [6.45, 7) is 4.38. The van der Waals surface area contributed by atoms with Crippen molar-refractivity contribution in [3.8, 4) is 11.5 Å². The molecular weight excluding hydrogens is 316 g/mol. The van der Waals surface area contributed by atoms with E-state index in [-0.39, 0.29) is 0 Å². The molecule has 0 bridgehead atoms. The Hall–Kier alpha value is -1.68. The molecule has 0 amide bonds. The van der Waals surface area contributed by atoms with Crippen molar-refractivity contribution in [1.29, 1.82) is 0 Å². The molecule has 1 aromatic rings. The molecular formula is C21H32O4. The van der Waals surface area contributed by atoms with E-state index >= 15 is 0 Å². The van der Waals surface area contributed by atoms with Crippen LogP contribution in [0.3, 0.4) is 0 Å². The monoisotopic (exact) mass is 348 g/mol. The number of allylic oxidation sites excluding steroid dienone is 1. The zero-order valence-corrected chi connectivity index (χ0v) is 15.9. The molecule has 1 aliphatic rings. The van der Waals surface area contributed by atoms with Gasteiger partial charge in [0.1, 0.15) is 5.76 Å². The second-order valence-electron chi connectivity index (χ2n) is 6.40. The van der Waals surface area contributed by atoms with E-state index < -0.39 is 0 Å². The molecule has 0 N–H and O–H groups in total. The predicted molar refractivity (Wildman–Crippen MR) is 101 cm³/mol. The zero-order chi connectivity index (χ0) is 17.9. The highest BCUT2D eigenvalue weighted by molar-refractivity contribution is 5.67. The van der Waals surface area contributed by atoms with Crippen LogP contribution >= 0.6 is 0 Å². The minimum absolute atomic E-state index is 0.718. The Morgan fingerprint density at radius 1 is 0.960 bits per heavy atom. The first-order valence-corrected chi connectivity index (χ1v) is 9.45. The summed E-state index contributed by atoms with van der Waals surface area (Å²) in [5.41, 5.74) is 2.49. The molecule has 4 heteroatoms. The van der Waals surface area contributed by atoms with E-state index in [2.05, 4.69) is 13.0 Å². The summed E-state index contributed by atoms with van der Waals surface area (Å²) in [4.78, 5) is 0. The average molecular weight is 348 g/mol. The van der Waals surface area contributed by atoms with Crippen molar-refractivity contribution in [2.45, 2.75) is 51.9 Å². The Kier molecular flexibility index (Phi) is 8.67. The van der Waals surface area contributed by atoms with E-state index in [4.69, 9.17) is 18.9 Å². The van der Waals surface area contributed by atoms with Crippen molar-refractivity contribution in [1.82, 2.24) is 0 Å². The van der Waals surface area contributed by atoms with Crippen LogP contribution in [-0.4, -0.2) is 34.0 Å². The molecule has 0 aromatic heterocycles. The molecule has 0 atom stereocenters. The quantitative estimate of drug-likeness (QED) is 0.384. The molecule has 1 saturated carbocycles. The molecule has 1 aromatic carbocycles. The Morgan fingerprint density at radius 2 is 1.76 bits per heavy atom. The summed E-state index contributed by atoms with van der Waals surface area (Å²) in [5, 5.41) is 0. The van der Waals surface area contributed by atoms with Gasteiger partial charge in [0.05, 0.1) is 20.3 Å². The number of benzene rings is 1. The summed E-state index contributed by atoms with van der Waals surface area (Å²) >= 11 is 0. The first-order valence-electron chi connectivity index (χ1n) is 9.45. The number of methoxy groups -OCH3 is 2. The van der Waals surface area contributed by atoms with E-state index in [1.165, 1.54) is 12.0 Å². The molecule has 0 heterocycles. The smallest absolute Gasteiger partial charge is 0.161 e. The maximum atomic E-state index is 6.14. The van der Waals surface area contributed by atoms with Crippen LogP contribution in [0.25, 0.3) is 5.76 Å². The molecule has 0 unspecified atom stereocenters. The van der Waals surface area contributed by atoms with Gasteiger partial charge in [-0.3, -0.25) is 0 Å². The molecule has 0 radical (unpaired) electrons. The van der Waals surface area contributed by atoms with E-state index in [0.717, 1.165) is 81.2 Å². The van der Waals surface area contributed by atoms with Gasteiger partial charge in [-0.2, -0.15) is 0 Å². The van der Waals surface area contributed by atoms with Crippen LogP contribution in [0.5, 0.6) is 11.5 Å². The molecule has 25 heavy (non-hydrogen) atoms. The van der Waals surface area contributed by atoms with Gasteiger partial charge in [0.2, 0.25) is 0 Å². The molecule has 0 saturated heterocycles. The lowest BCUT2D eigenvalue weighted by atomic mass is 9.89. The Balaban J connectivity index is 2.06. The Bertz CT molecular complexity index is 545. The highest BCUT2D eigenvalue weighted by Gasteiger charge is 2.19. The van der Waals surface area contributed by atoms with Crippen LogP contribution in [0.2, 0.25) is 0 Å². The van der Waals surface area contributed by atoms with Crippen LogP contribution in [0.4, 0.5) is 0 Å². The molecule has 1 aliphatic carbocycles. The normalized spacial score (nSPS) is 13.3.